The summed E-state index contributed by atoms with van der Waals surface area (Å²) in [6, 6.07) is 1.05. The topological polar surface area (TPSA) is 86.5 Å². The van der Waals surface area contributed by atoms with Crippen molar-refractivity contribution in [2.45, 2.75) is 0 Å². The van der Waals surface area contributed by atoms with E-state index in [1.165, 1.54) is 0 Å². The molecule has 0 atom stereocenters. The van der Waals surface area contributed by atoms with Crippen LogP contribution in [0.3, 0.4) is 0 Å². The molecular weight excluding hydrogens is 198 g/mol. The minimum Gasteiger partial charge on any atom is -0.385 e. The Hall–Kier alpha value is -1.76. The van der Waals surface area contributed by atoms with Crippen LogP contribution < -0.4 is 0 Å². The molecule has 0 saturated heterocycles. The molecule has 0 N–H and O–H groups in total. The first-order valence-electron chi connectivity index (χ1n) is 3.14. The summed E-state index contributed by atoms with van der Waals surface area (Å²) in [5, 5.41) is 10.0. The highest BCUT2D eigenvalue weighted by Gasteiger charge is 2.35. The molecule has 0 unspecified atom stereocenters. The van der Waals surface area contributed by atoms with Gasteiger partial charge in [-0.05, 0) is 0 Å². The summed E-state index contributed by atoms with van der Waals surface area (Å²) < 4.78 is 4.22. The standard InChI is InChI=1S/C6HNO5S/c8-5-2-1-3(7(10)11)13-4(2)6(9)12-5/h1H. The van der Waals surface area contributed by atoms with Gasteiger partial charge in [0.1, 0.15) is 4.88 Å². The summed E-state index contributed by atoms with van der Waals surface area (Å²) in [4.78, 5) is 31.3. The van der Waals surface area contributed by atoms with E-state index in [0.717, 1.165) is 6.07 Å². The largest absolute Gasteiger partial charge is 0.385 e. The van der Waals surface area contributed by atoms with E-state index in [0.29, 0.717) is 11.3 Å². The third-order valence-corrected chi connectivity index (χ3v) is 2.56. The van der Waals surface area contributed by atoms with Gasteiger partial charge in [-0.1, -0.05) is 11.3 Å². The number of ether oxygens (including phenoxy) is 1. The first-order valence-corrected chi connectivity index (χ1v) is 3.96. The van der Waals surface area contributed by atoms with Crippen molar-refractivity contribution in [3.8, 4) is 0 Å². The lowest BCUT2D eigenvalue weighted by Gasteiger charge is -1.86. The average molecular weight is 199 g/mol. The molecule has 13 heavy (non-hydrogen) atoms. The molecule has 0 radical (unpaired) electrons. The average Bonchev–Trinajstić information content (AvgIpc) is 2.55. The molecule has 0 amide bonds. The number of carbonyl (C=O) groups is 2. The lowest BCUT2D eigenvalue weighted by Crippen LogP contribution is -1.98. The van der Waals surface area contributed by atoms with Gasteiger partial charge in [0.25, 0.3) is 0 Å². The van der Waals surface area contributed by atoms with Crippen molar-refractivity contribution in [2.24, 2.45) is 0 Å². The highest BCUT2D eigenvalue weighted by molar-refractivity contribution is 7.17. The molecule has 7 heteroatoms. The third kappa shape index (κ3) is 1.01. The molecule has 0 aliphatic carbocycles. The number of esters is 2. The fourth-order valence-corrected chi connectivity index (χ4v) is 1.79. The molecule has 6 nitrogen and oxygen atoms in total. The SMILES string of the molecule is O=C1OC(=O)c2sc([N+](=O)[O-])cc21. The molecule has 1 aromatic rings. The van der Waals surface area contributed by atoms with Crippen molar-refractivity contribution < 1.29 is 19.2 Å². The molecule has 0 bridgehead atoms. The maximum Gasteiger partial charge on any atom is 0.357 e. The zero-order valence-electron chi connectivity index (χ0n) is 5.97. The zero-order chi connectivity index (χ0) is 9.59. The number of carbonyl (C=O) groups excluding carboxylic acids is 2. The lowest BCUT2D eigenvalue weighted by molar-refractivity contribution is -0.380. The van der Waals surface area contributed by atoms with Crippen molar-refractivity contribution in [3.63, 3.8) is 0 Å². The molecule has 2 rings (SSSR count). The van der Waals surface area contributed by atoms with E-state index in [2.05, 4.69) is 4.74 Å². The van der Waals surface area contributed by atoms with Crippen molar-refractivity contribution in [3.05, 3.63) is 26.6 Å². The van der Waals surface area contributed by atoms with E-state index in [9.17, 15) is 19.7 Å². The van der Waals surface area contributed by atoms with E-state index in [-0.39, 0.29) is 15.4 Å². The van der Waals surface area contributed by atoms with Gasteiger partial charge in [-0.3, -0.25) is 10.1 Å². The molecule has 1 aromatic heterocycles. The summed E-state index contributed by atoms with van der Waals surface area (Å²) in [6.45, 7) is 0. The normalized spacial score (nSPS) is 14.2. The van der Waals surface area contributed by atoms with Crippen LogP contribution in [-0.2, 0) is 4.74 Å². The second-order valence-electron chi connectivity index (χ2n) is 2.26. The van der Waals surface area contributed by atoms with Crippen LogP contribution in [0, 0.1) is 10.1 Å². The maximum absolute atomic E-state index is 10.9. The second-order valence-corrected chi connectivity index (χ2v) is 3.29. The lowest BCUT2D eigenvalue weighted by atomic mass is 10.3. The Balaban J connectivity index is 2.58. The summed E-state index contributed by atoms with van der Waals surface area (Å²) >= 11 is 0.647. The number of hydrogen-bond donors (Lipinski definition) is 0. The summed E-state index contributed by atoms with van der Waals surface area (Å²) in [7, 11) is 0. The van der Waals surface area contributed by atoms with Gasteiger partial charge in [-0.2, -0.15) is 0 Å². The number of cyclic esters (lactones) is 2. The van der Waals surface area contributed by atoms with E-state index < -0.39 is 16.9 Å². The monoisotopic (exact) mass is 199 g/mol. The quantitative estimate of drug-likeness (QED) is 0.291. The van der Waals surface area contributed by atoms with Crippen LogP contribution in [0.15, 0.2) is 6.07 Å². The van der Waals surface area contributed by atoms with Gasteiger partial charge in [0.15, 0.2) is 0 Å². The predicted molar refractivity (Wildman–Crippen MR) is 40.7 cm³/mol. The highest BCUT2D eigenvalue weighted by Crippen LogP contribution is 2.33. The van der Waals surface area contributed by atoms with Gasteiger partial charge in [-0.25, -0.2) is 9.59 Å². The van der Waals surface area contributed by atoms with Crippen molar-refractivity contribution >= 4 is 28.3 Å². The molecule has 0 aromatic carbocycles. The third-order valence-electron chi connectivity index (χ3n) is 1.49. The van der Waals surface area contributed by atoms with Gasteiger partial charge >= 0.3 is 16.9 Å². The van der Waals surface area contributed by atoms with Gasteiger partial charge < -0.3 is 4.74 Å². The molecule has 0 fully saturated rings. The van der Waals surface area contributed by atoms with Crippen molar-refractivity contribution in [1.82, 2.24) is 0 Å². The van der Waals surface area contributed by atoms with E-state index >= 15 is 0 Å². The fourth-order valence-electron chi connectivity index (χ4n) is 0.957. The molecule has 0 saturated carbocycles. The number of hydrogen-bond acceptors (Lipinski definition) is 6. The molecule has 0 spiro atoms. The Labute approximate surface area is 74.9 Å². The van der Waals surface area contributed by atoms with Crippen molar-refractivity contribution in [1.29, 1.82) is 0 Å². The van der Waals surface area contributed by atoms with Gasteiger partial charge in [0.05, 0.1) is 10.5 Å². The van der Waals surface area contributed by atoms with Crippen LogP contribution in [0.25, 0.3) is 0 Å². The Bertz CT molecular complexity index is 403. The Morgan fingerprint density at radius 3 is 2.62 bits per heavy atom. The van der Waals surface area contributed by atoms with Crippen LogP contribution in [0.4, 0.5) is 5.00 Å². The Morgan fingerprint density at radius 1 is 1.38 bits per heavy atom. The molecule has 1 aliphatic rings. The fraction of sp³-hybridized carbons (Fsp3) is 0. The molecule has 1 aliphatic heterocycles. The highest BCUT2D eigenvalue weighted by atomic mass is 32.1. The van der Waals surface area contributed by atoms with Gasteiger partial charge in [0.2, 0.25) is 0 Å². The van der Waals surface area contributed by atoms with Gasteiger partial charge in [-0.15, -0.1) is 0 Å². The number of fused-ring (bicyclic) bond motifs is 1. The van der Waals surface area contributed by atoms with Gasteiger partial charge in [0, 0.05) is 6.07 Å². The number of rotatable bonds is 1. The molecule has 2 heterocycles. The zero-order valence-corrected chi connectivity index (χ0v) is 6.79. The van der Waals surface area contributed by atoms with E-state index in [1.807, 2.05) is 0 Å². The smallest absolute Gasteiger partial charge is 0.357 e. The summed E-state index contributed by atoms with van der Waals surface area (Å²) in [5.41, 5.74) is -0.0123. The first-order chi connectivity index (χ1) is 6.09. The van der Waals surface area contributed by atoms with E-state index in [4.69, 9.17) is 0 Å². The van der Waals surface area contributed by atoms with Crippen LogP contribution in [-0.4, -0.2) is 16.9 Å². The second kappa shape index (κ2) is 2.36. The number of nitrogens with zero attached hydrogens (tertiary/aromatic N) is 1. The van der Waals surface area contributed by atoms with E-state index in [1.54, 1.807) is 0 Å². The number of thiophene rings is 1. The minimum absolute atomic E-state index is 0.0108. The van der Waals surface area contributed by atoms with Crippen LogP contribution in [0.2, 0.25) is 0 Å². The molecular formula is C6HNO5S. The van der Waals surface area contributed by atoms with Crippen LogP contribution >= 0.6 is 11.3 Å². The maximum atomic E-state index is 10.9. The Morgan fingerprint density at radius 2 is 2.08 bits per heavy atom. The summed E-state index contributed by atoms with van der Waals surface area (Å²) in [5.74, 6) is -1.62. The molecule has 66 valence electrons. The Kier molecular flexibility index (Phi) is 1.43. The first kappa shape index (κ1) is 7.87. The minimum atomic E-state index is -0.815. The number of nitro groups is 1. The summed E-state index contributed by atoms with van der Waals surface area (Å²) in [6.07, 6.45) is 0. The van der Waals surface area contributed by atoms with Crippen LogP contribution in [0.1, 0.15) is 20.0 Å². The van der Waals surface area contributed by atoms with Crippen molar-refractivity contribution in [2.75, 3.05) is 0 Å². The van der Waals surface area contributed by atoms with Crippen LogP contribution in [0.5, 0.6) is 0 Å². The predicted octanol–water partition coefficient (Wildman–Crippen LogP) is 0.967.